The van der Waals surface area contributed by atoms with E-state index < -0.39 is 23.6 Å². The second kappa shape index (κ2) is 12.9. The molecule has 0 radical (unpaired) electrons. The molecule has 0 heterocycles. The molecular weight excluding hydrogens is 502 g/mol. The molecular formula is C22H30BrNO9. The van der Waals surface area contributed by atoms with Crippen LogP contribution in [0.5, 0.6) is 17.2 Å². The van der Waals surface area contributed by atoms with Crippen molar-refractivity contribution in [2.24, 2.45) is 0 Å². The van der Waals surface area contributed by atoms with Gasteiger partial charge in [-0.05, 0) is 43.1 Å². The van der Waals surface area contributed by atoms with Crippen molar-refractivity contribution in [2.45, 2.75) is 45.6 Å². The first-order valence-electron chi connectivity index (χ1n) is 9.99. The topological polar surface area (TPSA) is 130 Å². The van der Waals surface area contributed by atoms with E-state index in [-0.39, 0.29) is 30.4 Å². The van der Waals surface area contributed by atoms with Gasteiger partial charge in [0.2, 0.25) is 0 Å². The summed E-state index contributed by atoms with van der Waals surface area (Å²) >= 11 is 3.08. The Hall–Kier alpha value is -2.95. The first-order chi connectivity index (χ1) is 15.4. The van der Waals surface area contributed by atoms with Crippen molar-refractivity contribution in [1.29, 1.82) is 0 Å². The monoisotopic (exact) mass is 531 g/mol. The quantitative estimate of drug-likeness (QED) is 0.317. The molecule has 0 saturated carbocycles. The molecule has 0 aliphatic carbocycles. The SMILES string of the molecule is COc1cc(NC(=O)OC(C)(C)C)c(OC)c(CCOC(=O)/C(Br)=C\CCC(=O)O)c1OC. The van der Waals surface area contributed by atoms with E-state index in [9.17, 15) is 14.4 Å². The van der Waals surface area contributed by atoms with Gasteiger partial charge in [-0.3, -0.25) is 10.1 Å². The van der Waals surface area contributed by atoms with Gasteiger partial charge in [-0.1, -0.05) is 6.08 Å². The number of carbonyl (C=O) groups is 3. The fourth-order valence-corrected chi connectivity index (χ4v) is 3.08. The van der Waals surface area contributed by atoms with Crippen molar-refractivity contribution in [3.63, 3.8) is 0 Å². The van der Waals surface area contributed by atoms with Crippen LogP contribution in [0.3, 0.4) is 0 Å². The van der Waals surface area contributed by atoms with Gasteiger partial charge in [0.15, 0.2) is 11.5 Å². The van der Waals surface area contributed by atoms with Gasteiger partial charge in [0.25, 0.3) is 0 Å². The van der Waals surface area contributed by atoms with E-state index in [2.05, 4.69) is 21.2 Å². The molecule has 1 aromatic rings. The molecule has 0 fully saturated rings. The van der Waals surface area contributed by atoms with Crippen LogP contribution < -0.4 is 19.5 Å². The number of carboxylic acids is 1. The first-order valence-corrected chi connectivity index (χ1v) is 10.8. The van der Waals surface area contributed by atoms with Crippen molar-refractivity contribution in [3.05, 3.63) is 22.2 Å². The van der Waals surface area contributed by atoms with Crippen LogP contribution in [-0.4, -0.2) is 56.7 Å². The maximum atomic E-state index is 12.3. The number of hydrogen-bond acceptors (Lipinski definition) is 8. The highest BCUT2D eigenvalue weighted by Gasteiger charge is 2.24. The van der Waals surface area contributed by atoms with Crippen LogP contribution in [0.1, 0.15) is 39.2 Å². The van der Waals surface area contributed by atoms with Gasteiger partial charge >= 0.3 is 18.0 Å². The van der Waals surface area contributed by atoms with Gasteiger partial charge in [0.1, 0.15) is 11.4 Å². The summed E-state index contributed by atoms with van der Waals surface area (Å²) in [6.45, 7) is 5.18. The number of amides is 1. The number of nitrogens with one attached hydrogen (secondary N) is 1. The van der Waals surface area contributed by atoms with Crippen LogP contribution in [0.2, 0.25) is 0 Å². The van der Waals surface area contributed by atoms with Crippen LogP contribution >= 0.6 is 15.9 Å². The summed E-state index contributed by atoms with van der Waals surface area (Å²) in [5.74, 6) is -0.622. The van der Waals surface area contributed by atoms with Crippen molar-refractivity contribution >= 4 is 39.6 Å². The van der Waals surface area contributed by atoms with Gasteiger partial charge < -0.3 is 28.8 Å². The predicted octanol–water partition coefficient (Wildman–Crippen LogP) is 4.29. The first kappa shape index (κ1) is 28.1. The number of ether oxygens (including phenoxy) is 5. The smallest absolute Gasteiger partial charge is 0.412 e. The Morgan fingerprint density at radius 3 is 2.24 bits per heavy atom. The number of anilines is 1. The van der Waals surface area contributed by atoms with Gasteiger partial charge in [-0.2, -0.15) is 0 Å². The number of halogens is 1. The molecule has 0 atom stereocenters. The Bertz CT molecular complexity index is 891. The number of esters is 1. The van der Waals surface area contributed by atoms with Crippen molar-refractivity contribution in [1.82, 2.24) is 0 Å². The molecule has 184 valence electrons. The highest BCUT2D eigenvalue weighted by atomic mass is 79.9. The highest BCUT2D eigenvalue weighted by molar-refractivity contribution is 9.12. The van der Waals surface area contributed by atoms with Crippen molar-refractivity contribution in [2.75, 3.05) is 33.3 Å². The summed E-state index contributed by atoms with van der Waals surface area (Å²) in [6, 6.07) is 1.54. The molecule has 1 aromatic carbocycles. The highest BCUT2D eigenvalue weighted by Crippen LogP contribution is 2.43. The minimum Gasteiger partial charge on any atom is -0.494 e. The molecule has 0 aliphatic rings. The van der Waals surface area contributed by atoms with Gasteiger partial charge in [-0.25, -0.2) is 9.59 Å². The second-order valence-electron chi connectivity index (χ2n) is 7.67. The minimum absolute atomic E-state index is 0.0491. The molecule has 0 aliphatic heterocycles. The third kappa shape index (κ3) is 9.21. The minimum atomic E-state index is -0.965. The fraction of sp³-hybridized carbons (Fsp3) is 0.500. The summed E-state index contributed by atoms with van der Waals surface area (Å²) in [5.41, 5.74) is 0.0978. The molecule has 0 saturated heterocycles. The fourth-order valence-electron chi connectivity index (χ4n) is 2.74. The van der Waals surface area contributed by atoms with E-state index in [0.717, 1.165) is 0 Å². The molecule has 1 amide bonds. The molecule has 0 unspecified atom stereocenters. The molecule has 0 bridgehead atoms. The number of aliphatic carboxylic acids is 1. The summed E-state index contributed by atoms with van der Waals surface area (Å²) in [4.78, 5) is 35.0. The average Bonchev–Trinajstić information content (AvgIpc) is 2.71. The Labute approximate surface area is 201 Å². The number of methoxy groups -OCH3 is 3. The lowest BCUT2D eigenvalue weighted by Crippen LogP contribution is -2.27. The number of carbonyl (C=O) groups excluding carboxylic acids is 2. The molecule has 1 rings (SSSR count). The number of allylic oxidation sites excluding steroid dienone is 1. The van der Waals surface area contributed by atoms with E-state index in [1.54, 1.807) is 26.8 Å². The largest absolute Gasteiger partial charge is 0.494 e. The molecule has 11 heteroatoms. The molecule has 0 spiro atoms. The Morgan fingerprint density at radius 2 is 1.73 bits per heavy atom. The maximum absolute atomic E-state index is 12.3. The summed E-state index contributed by atoms with van der Waals surface area (Å²) in [7, 11) is 4.33. The van der Waals surface area contributed by atoms with Gasteiger partial charge in [0.05, 0.1) is 38.1 Å². The van der Waals surface area contributed by atoms with Gasteiger partial charge in [-0.15, -0.1) is 0 Å². The van der Waals surface area contributed by atoms with Crippen LogP contribution in [0.15, 0.2) is 16.6 Å². The van der Waals surface area contributed by atoms with E-state index in [0.29, 0.717) is 28.5 Å². The average molecular weight is 532 g/mol. The number of hydrogen-bond donors (Lipinski definition) is 2. The Balaban J connectivity index is 3.09. The summed E-state index contributed by atoms with van der Waals surface area (Å²) in [6.07, 6.45) is 1.01. The lowest BCUT2D eigenvalue weighted by Gasteiger charge is -2.22. The summed E-state index contributed by atoms with van der Waals surface area (Å²) < 4.78 is 27.0. The predicted molar refractivity (Wildman–Crippen MR) is 124 cm³/mol. The van der Waals surface area contributed by atoms with Crippen LogP contribution in [0.25, 0.3) is 0 Å². The second-order valence-corrected chi connectivity index (χ2v) is 8.52. The number of benzene rings is 1. The van der Waals surface area contributed by atoms with Crippen LogP contribution in [0.4, 0.5) is 10.5 Å². The lowest BCUT2D eigenvalue weighted by atomic mass is 10.1. The van der Waals surface area contributed by atoms with Crippen molar-refractivity contribution < 1.29 is 43.2 Å². The van der Waals surface area contributed by atoms with Crippen molar-refractivity contribution in [3.8, 4) is 17.2 Å². The maximum Gasteiger partial charge on any atom is 0.412 e. The zero-order chi connectivity index (χ0) is 25.2. The third-order valence-corrected chi connectivity index (χ3v) is 4.67. The zero-order valence-electron chi connectivity index (χ0n) is 19.6. The third-order valence-electron chi connectivity index (χ3n) is 4.02. The molecule has 33 heavy (non-hydrogen) atoms. The number of rotatable bonds is 11. The Morgan fingerprint density at radius 1 is 1.09 bits per heavy atom. The molecule has 2 N–H and O–H groups in total. The van der Waals surface area contributed by atoms with E-state index >= 15 is 0 Å². The standard InChI is InChI=1S/C22H30BrNO9/c1-22(2,3)33-21(28)24-15-12-16(29-4)19(31-6)13(18(15)30-5)10-11-32-20(27)14(23)8-7-9-17(25)26/h8,12H,7,9-11H2,1-6H3,(H,24,28)(H,25,26)/b14-8+. The normalized spacial score (nSPS) is 11.4. The van der Waals surface area contributed by atoms with E-state index in [1.807, 2.05) is 0 Å². The Kier molecular flexibility index (Phi) is 11.0. The number of carboxylic acid groups (broad SMARTS) is 1. The van der Waals surface area contributed by atoms with Crippen LogP contribution in [0, 0.1) is 0 Å². The molecule has 0 aromatic heterocycles. The van der Waals surface area contributed by atoms with Crippen LogP contribution in [-0.2, 0) is 25.5 Å². The zero-order valence-corrected chi connectivity index (χ0v) is 21.2. The van der Waals surface area contributed by atoms with Gasteiger partial charge in [0, 0.05) is 24.5 Å². The van der Waals surface area contributed by atoms with E-state index in [4.69, 9.17) is 28.8 Å². The molecule has 10 nitrogen and oxygen atoms in total. The van der Waals surface area contributed by atoms with E-state index in [1.165, 1.54) is 27.4 Å². The summed E-state index contributed by atoms with van der Waals surface area (Å²) in [5, 5.41) is 11.3. The lowest BCUT2D eigenvalue weighted by molar-refractivity contribution is -0.138.